The van der Waals surface area contributed by atoms with E-state index in [9.17, 15) is 14.7 Å². The second-order valence-electron chi connectivity index (χ2n) is 9.55. The number of nitrogens with one attached hydrogen (secondary N) is 2. The number of carbonyl (C=O) groups excluding carboxylic acids is 2. The number of unbranched alkanes of at least 4 members (excludes halogenated alkanes) is 11. The molecule has 31 heavy (non-hydrogen) atoms. The molecule has 0 bridgehead atoms. The first-order chi connectivity index (χ1) is 14.9. The molecule has 182 valence electrons. The molecule has 0 saturated carbocycles. The smallest absolute Gasteiger partial charge is 0.242 e. The molecule has 1 aliphatic rings. The molecule has 3 N–H and O–H groups in total. The third-order valence-electron chi connectivity index (χ3n) is 6.01. The molecule has 2 unspecified atom stereocenters. The van der Waals surface area contributed by atoms with Gasteiger partial charge in [-0.2, -0.15) is 0 Å². The summed E-state index contributed by atoms with van der Waals surface area (Å²) in [5.41, 5.74) is 0. The molecule has 0 aliphatic carbocycles. The molecule has 1 saturated heterocycles. The van der Waals surface area contributed by atoms with Gasteiger partial charge in [0.25, 0.3) is 0 Å². The maximum atomic E-state index is 12.6. The molecular weight excluding hydrogens is 392 g/mol. The van der Waals surface area contributed by atoms with Gasteiger partial charge in [0.15, 0.2) is 6.29 Å². The van der Waals surface area contributed by atoms with Crippen molar-refractivity contribution in [2.24, 2.45) is 5.92 Å². The SMILES string of the molecule is CCCCCCCCCCCCCCC(=O)NC(CC(C)C)C(=O)N[C@H]1CCOC1O. The summed E-state index contributed by atoms with van der Waals surface area (Å²) in [6.45, 7) is 6.76. The Bertz CT molecular complexity index is 484. The first-order valence-electron chi connectivity index (χ1n) is 12.8. The van der Waals surface area contributed by atoms with Gasteiger partial charge >= 0.3 is 0 Å². The zero-order valence-corrected chi connectivity index (χ0v) is 20.3. The van der Waals surface area contributed by atoms with Crippen molar-refractivity contribution in [2.45, 2.75) is 135 Å². The topological polar surface area (TPSA) is 87.7 Å². The van der Waals surface area contributed by atoms with Gasteiger partial charge in [-0.15, -0.1) is 0 Å². The first kappa shape index (κ1) is 27.9. The van der Waals surface area contributed by atoms with Crippen molar-refractivity contribution in [2.75, 3.05) is 6.61 Å². The molecular formula is C25H48N2O4. The van der Waals surface area contributed by atoms with Crippen LogP contribution in [0.3, 0.4) is 0 Å². The summed E-state index contributed by atoms with van der Waals surface area (Å²) in [5, 5.41) is 15.5. The van der Waals surface area contributed by atoms with Crippen LogP contribution in [-0.2, 0) is 14.3 Å². The molecule has 1 rings (SSSR count). The monoisotopic (exact) mass is 440 g/mol. The summed E-state index contributed by atoms with van der Waals surface area (Å²) in [5.74, 6) is -0.00478. The average Bonchev–Trinajstić information content (AvgIpc) is 3.12. The van der Waals surface area contributed by atoms with Crippen LogP contribution in [0.2, 0.25) is 0 Å². The Kier molecular flexibility index (Phi) is 15.7. The van der Waals surface area contributed by atoms with Crippen LogP contribution >= 0.6 is 0 Å². The molecule has 1 aliphatic heterocycles. The molecule has 6 heteroatoms. The zero-order valence-electron chi connectivity index (χ0n) is 20.3. The summed E-state index contributed by atoms with van der Waals surface area (Å²) in [6, 6.07) is -0.951. The quantitative estimate of drug-likeness (QED) is 0.266. The molecule has 1 heterocycles. The van der Waals surface area contributed by atoms with Gasteiger partial charge in [-0.05, 0) is 25.2 Å². The predicted molar refractivity (Wildman–Crippen MR) is 126 cm³/mol. The second kappa shape index (κ2) is 17.4. The van der Waals surface area contributed by atoms with E-state index in [0.29, 0.717) is 25.9 Å². The van der Waals surface area contributed by atoms with Gasteiger partial charge in [0, 0.05) is 6.42 Å². The summed E-state index contributed by atoms with van der Waals surface area (Å²) < 4.78 is 5.09. The van der Waals surface area contributed by atoms with Crippen molar-refractivity contribution in [3.63, 3.8) is 0 Å². The maximum Gasteiger partial charge on any atom is 0.242 e. The van der Waals surface area contributed by atoms with Crippen LogP contribution in [0.15, 0.2) is 0 Å². The average molecular weight is 441 g/mol. The second-order valence-corrected chi connectivity index (χ2v) is 9.55. The van der Waals surface area contributed by atoms with Crippen LogP contribution < -0.4 is 10.6 Å². The minimum atomic E-state index is -0.958. The maximum absolute atomic E-state index is 12.6. The van der Waals surface area contributed by atoms with E-state index < -0.39 is 18.4 Å². The molecule has 0 aromatic carbocycles. The van der Waals surface area contributed by atoms with E-state index in [4.69, 9.17) is 4.74 Å². The lowest BCUT2D eigenvalue weighted by atomic mass is 10.0. The summed E-state index contributed by atoms with van der Waals surface area (Å²) in [4.78, 5) is 25.0. The molecule has 0 aromatic rings. The molecule has 0 aromatic heterocycles. The van der Waals surface area contributed by atoms with Crippen molar-refractivity contribution in [1.29, 1.82) is 0 Å². The highest BCUT2D eigenvalue weighted by atomic mass is 16.6. The molecule has 6 nitrogen and oxygen atoms in total. The Morgan fingerprint density at radius 3 is 1.97 bits per heavy atom. The third kappa shape index (κ3) is 13.8. The number of amides is 2. The number of aliphatic hydroxyl groups is 1. The van der Waals surface area contributed by atoms with Crippen LogP contribution in [0.5, 0.6) is 0 Å². The van der Waals surface area contributed by atoms with Gasteiger partial charge in [-0.3, -0.25) is 9.59 Å². The Balaban J connectivity index is 2.13. The van der Waals surface area contributed by atoms with Crippen LogP contribution in [0, 0.1) is 5.92 Å². The zero-order chi connectivity index (χ0) is 22.9. The van der Waals surface area contributed by atoms with Crippen LogP contribution in [0.1, 0.15) is 117 Å². The number of aliphatic hydroxyl groups excluding tert-OH is 1. The van der Waals surface area contributed by atoms with E-state index >= 15 is 0 Å². The van der Waals surface area contributed by atoms with Crippen molar-refractivity contribution in [1.82, 2.24) is 10.6 Å². The summed E-state index contributed by atoms with van der Waals surface area (Å²) in [6.07, 6.45) is 15.9. The number of hydrogen-bond acceptors (Lipinski definition) is 4. The molecule has 3 atom stereocenters. The number of rotatable bonds is 18. The number of ether oxygens (including phenoxy) is 1. The highest BCUT2D eigenvalue weighted by molar-refractivity contribution is 5.87. The molecule has 1 fully saturated rings. The van der Waals surface area contributed by atoms with Crippen LogP contribution in [0.25, 0.3) is 0 Å². The van der Waals surface area contributed by atoms with Crippen LogP contribution in [0.4, 0.5) is 0 Å². The van der Waals surface area contributed by atoms with Gasteiger partial charge in [0.2, 0.25) is 11.8 Å². The Morgan fingerprint density at radius 1 is 0.935 bits per heavy atom. The molecule has 2 amide bonds. The van der Waals surface area contributed by atoms with E-state index in [1.807, 2.05) is 13.8 Å². The Morgan fingerprint density at radius 2 is 1.48 bits per heavy atom. The van der Waals surface area contributed by atoms with E-state index in [-0.39, 0.29) is 17.7 Å². The van der Waals surface area contributed by atoms with Gasteiger partial charge < -0.3 is 20.5 Å². The normalized spacial score (nSPS) is 19.5. The fourth-order valence-corrected chi connectivity index (χ4v) is 4.10. The molecule has 0 radical (unpaired) electrons. The fraction of sp³-hybridized carbons (Fsp3) is 0.920. The third-order valence-corrected chi connectivity index (χ3v) is 6.01. The van der Waals surface area contributed by atoms with Crippen molar-refractivity contribution in [3.05, 3.63) is 0 Å². The Labute approximate surface area is 190 Å². The van der Waals surface area contributed by atoms with E-state index in [1.54, 1.807) is 0 Å². The largest absolute Gasteiger partial charge is 0.366 e. The lowest BCUT2D eigenvalue weighted by Crippen LogP contribution is -2.51. The lowest BCUT2D eigenvalue weighted by molar-refractivity contribution is -0.131. The highest BCUT2D eigenvalue weighted by Crippen LogP contribution is 2.14. The van der Waals surface area contributed by atoms with E-state index in [2.05, 4.69) is 17.6 Å². The van der Waals surface area contributed by atoms with Crippen molar-refractivity contribution >= 4 is 11.8 Å². The van der Waals surface area contributed by atoms with Gasteiger partial charge in [0.05, 0.1) is 12.6 Å². The predicted octanol–water partition coefficient (Wildman–Crippen LogP) is 4.83. The molecule has 0 spiro atoms. The van der Waals surface area contributed by atoms with Crippen LogP contribution in [-0.4, -0.2) is 41.9 Å². The number of carbonyl (C=O) groups is 2. The van der Waals surface area contributed by atoms with Gasteiger partial charge in [0.1, 0.15) is 6.04 Å². The summed E-state index contributed by atoms with van der Waals surface area (Å²) >= 11 is 0. The van der Waals surface area contributed by atoms with E-state index in [1.165, 1.54) is 64.2 Å². The van der Waals surface area contributed by atoms with Crippen molar-refractivity contribution in [3.8, 4) is 0 Å². The van der Waals surface area contributed by atoms with Crippen molar-refractivity contribution < 1.29 is 19.4 Å². The van der Waals surface area contributed by atoms with Gasteiger partial charge in [-0.25, -0.2) is 0 Å². The Hall–Kier alpha value is -1.14. The lowest BCUT2D eigenvalue weighted by Gasteiger charge is -2.23. The number of hydrogen-bond donors (Lipinski definition) is 3. The first-order valence-corrected chi connectivity index (χ1v) is 12.8. The van der Waals surface area contributed by atoms with E-state index in [0.717, 1.165) is 12.8 Å². The fourth-order valence-electron chi connectivity index (χ4n) is 4.10. The minimum absolute atomic E-state index is 0.0592. The standard InChI is InChI=1S/C25H48N2O4/c1-4-5-6-7-8-9-10-11-12-13-14-15-16-23(28)26-22(19-20(2)3)24(29)27-21-17-18-31-25(21)30/h20-22,25,30H,4-19H2,1-3H3,(H,26,28)(H,27,29)/t21-,22?,25?/m0/s1. The minimum Gasteiger partial charge on any atom is -0.366 e. The van der Waals surface area contributed by atoms with Gasteiger partial charge in [-0.1, -0.05) is 91.4 Å². The highest BCUT2D eigenvalue weighted by Gasteiger charge is 2.30. The summed E-state index contributed by atoms with van der Waals surface area (Å²) in [7, 11) is 0.